The van der Waals surface area contributed by atoms with Gasteiger partial charge in [0, 0.05) is 12.0 Å². The summed E-state index contributed by atoms with van der Waals surface area (Å²) >= 11 is 0. The fourth-order valence-electron chi connectivity index (χ4n) is 4.48. The van der Waals surface area contributed by atoms with E-state index in [0.717, 1.165) is 19.3 Å². The number of carbonyl (C=O) groups is 2. The van der Waals surface area contributed by atoms with Crippen molar-refractivity contribution in [1.29, 1.82) is 0 Å². The van der Waals surface area contributed by atoms with Crippen molar-refractivity contribution in [2.24, 2.45) is 16.6 Å². The van der Waals surface area contributed by atoms with Gasteiger partial charge in [0.2, 0.25) is 5.91 Å². The Bertz CT molecular complexity index is 400. The van der Waals surface area contributed by atoms with Crippen LogP contribution >= 0.6 is 0 Å². The third-order valence-corrected chi connectivity index (χ3v) is 4.13. The number of nitrogens with two attached hydrogens (primary N) is 1. The summed E-state index contributed by atoms with van der Waals surface area (Å²) in [7, 11) is 0. The molecule has 1 rings (SSSR count). The van der Waals surface area contributed by atoms with Crippen LogP contribution in [0.25, 0.3) is 0 Å². The van der Waals surface area contributed by atoms with Gasteiger partial charge in [0.05, 0.1) is 6.04 Å². The molecule has 0 radical (unpaired) electrons. The van der Waals surface area contributed by atoms with Crippen molar-refractivity contribution < 1.29 is 14.7 Å². The van der Waals surface area contributed by atoms with Gasteiger partial charge in [-0.05, 0) is 43.4 Å². The van der Waals surface area contributed by atoms with Crippen molar-refractivity contribution in [2.75, 3.05) is 0 Å². The quantitative estimate of drug-likeness (QED) is 0.726. The molecule has 0 aromatic rings. The maximum Gasteiger partial charge on any atom is 0.303 e. The molecule has 1 fully saturated rings. The number of carboxylic acid groups (broad SMARTS) is 1. The van der Waals surface area contributed by atoms with Crippen molar-refractivity contribution in [2.45, 2.75) is 78.3 Å². The smallest absolute Gasteiger partial charge is 0.303 e. The third kappa shape index (κ3) is 5.65. The number of amides is 1. The van der Waals surface area contributed by atoms with Gasteiger partial charge in [-0.1, -0.05) is 27.7 Å². The minimum absolute atomic E-state index is 0.0811. The molecule has 0 aliphatic heterocycles. The Morgan fingerprint density at radius 3 is 2.00 bits per heavy atom. The van der Waals surface area contributed by atoms with E-state index in [9.17, 15) is 9.59 Å². The first kappa shape index (κ1) is 18.0. The van der Waals surface area contributed by atoms with Gasteiger partial charge in [-0.25, -0.2) is 0 Å². The van der Waals surface area contributed by atoms with E-state index in [1.807, 2.05) is 0 Å². The summed E-state index contributed by atoms with van der Waals surface area (Å²) in [5, 5.41) is 11.7. The van der Waals surface area contributed by atoms with Crippen LogP contribution in [0.2, 0.25) is 0 Å². The molecule has 1 saturated carbocycles. The van der Waals surface area contributed by atoms with Crippen LogP contribution in [0.1, 0.15) is 66.7 Å². The Kier molecular flexibility index (Phi) is 5.09. The second-order valence-corrected chi connectivity index (χ2v) is 8.45. The highest BCUT2D eigenvalue weighted by molar-refractivity contribution is 5.82. The second kappa shape index (κ2) is 5.95. The molecule has 4 N–H and O–H groups in total. The minimum Gasteiger partial charge on any atom is -0.481 e. The van der Waals surface area contributed by atoms with Crippen molar-refractivity contribution in [1.82, 2.24) is 5.32 Å². The maximum absolute atomic E-state index is 12.2. The lowest BCUT2D eigenvalue weighted by molar-refractivity contribution is -0.137. The lowest BCUT2D eigenvalue weighted by atomic mass is 9.59. The van der Waals surface area contributed by atoms with E-state index in [0.29, 0.717) is 0 Å². The summed E-state index contributed by atoms with van der Waals surface area (Å²) in [5.41, 5.74) is 5.84. The molecule has 122 valence electrons. The van der Waals surface area contributed by atoms with Crippen LogP contribution in [-0.2, 0) is 9.59 Å². The molecule has 0 saturated heterocycles. The zero-order chi connectivity index (χ0) is 16.5. The number of carboxylic acids is 1. The van der Waals surface area contributed by atoms with E-state index in [2.05, 4.69) is 39.9 Å². The maximum atomic E-state index is 12.2. The summed E-state index contributed by atoms with van der Waals surface area (Å²) in [6, 6.07) is -0.758. The molecular formula is C16H30N2O3. The first-order valence-corrected chi connectivity index (χ1v) is 7.64. The average molecular weight is 298 g/mol. The van der Waals surface area contributed by atoms with Crippen LogP contribution in [0.15, 0.2) is 0 Å². The monoisotopic (exact) mass is 298 g/mol. The molecule has 0 aromatic heterocycles. The van der Waals surface area contributed by atoms with Gasteiger partial charge in [0.1, 0.15) is 0 Å². The van der Waals surface area contributed by atoms with Gasteiger partial charge in [0.25, 0.3) is 0 Å². The number of hydrogen-bond acceptors (Lipinski definition) is 3. The molecule has 5 heteroatoms. The second-order valence-electron chi connectivity index (χ2n) is 8.45. The van der Waals surface area contributed by atoms with E-state index in [1.165, 1.54) is 0 Å². The summed E-state index contributed by atoms with van der Waals surface area (Å²) in [6.45, 7) is 11.0. The van der Waals surface area contributed by atoms with Crippen molar-refractivity contribution in [3.63, 3.8) is 0 Å². The normalized spacial score (nSPS) is 24.1. The zero-order valence-electron chi connectivity index (χ0n) is 14.0. The lowest BCUT2D eigenvalue weighted by Gasteiger charge is -2.51. The van der Waals surface area contributed by atoms with Gasteiger partial charge in [-0.15, -0.1) is 0 Å². The van der Waals surface area contributed by atoms with Gasteiger partial charge in [-0.3, -0.25) is 9.59 Å². The topological polar surface area (TPSA) is 92.4 Å². The fraction of sp³-hybridized carbons (Fsp3) is 0.875. The Morgan fingerprint density at radius 1 is 1.10 bits per heavy atom. The number of aliphatic carboxylic acids is 1. The molecule has 0 spiro atoms. The number of hydrogen-bond donors (Lipinski definition) is 3. The number of nitrogens with one attached hydrogen (secondary N) is 1. The van der Waals surface area contributed by atoms with Crippen LogP contribution in [0.3, 0.4) is 0 Å². The highest BCUT2D eigenvalue weighted by Crippen LogP contribution is 2.49. The van der Waals surface area contributed by atoms with Crippen molar-refractivity contribution >= 4 is 11.9 Å². The third-order valence-electron chi connectivity index (χ3n) is 4.13. The Labute approximate surface area is 127 Å². The minimum atomic E-state index is -0.926. The Morgan fingerprint density at radius 2 is 1.57 bits per heavy atom. The van der Waals surface area contributed by atoms with Gasteiger partial charge in [0.15, 0.2) is 0 Å². The molecule has 0 bridgehead atoms. The van der Waals surface area contributed by atoms with Crippen LogP contribution in [-0.4, -0.2) is 28.6 Å². The van der Waals surface area contributed by atoms with Crippen LogP contribution < -0.4 is 11.1 Å². The summed E-state index contributed by atoms with van der Waals surface area (Å²) < 4.78 is 0. The van der Waals surface area contributed by atoms with Gasteiger partial charge >= 0.3 is 5.97 Å². The summed E-state index contributed by atoms with van der Waals surface area (Å²) in [4.78, 5) is 22.8. The Hall–Kier alpha value is -1.10. The van der Waals surface area contributed by atoms with Crippen LogP contribution in [0, 0.1) is 10.8 Å². The van der Waals surface area contributed by atoms with E-state index in [4.69, 9.17) is 10.8 Å². The average Bonchev–Trinajstić information content (AvgIpc) is 2.19. The zero-order valence-corrected chi connectivity index (χ0v) is 14.0. The highest BCUT2D eigenvalue weighted by atomic mass is 16.4. The first-order valence-electron chi connectivity index (χ1n) is 7.64. The molecular weight excluding hydrogens is 268 g/mol. The van der Waals surface area contributed by atoms with Crippen molar-refractivity contribution in [3.05, 3.63) is 0 Å². The standard InChI is InChI=1S/C16H30N2O3/c1-14(2)8-15(3,4)10-16(5,9-14)18-13(21)11(17)6-7-12(19)20/h11H,6-10,17H2,1-5H3,(H,18,21)(H,19,20). The van der Waals surface area contributed by atoms with Crippen LogP contribution in [0.5, 0.6) is 0 Å². The summed E-state index contributed by atoms with van der Waals surface area (Å²) in [5.74, 6) is -1.17. The number of carbonyl (C=O) groups excluding carboxylic acids is 1. The molecule has 1 amide bonds. The molecule has 1 aliphatic rings. The largest absolute Gasteiger partial charge is 0.481 e. The molecule has 0 aromatic carbocycles. The van der Waals surface area contributed by atoms with E-state index in [1.54, 1.807) is 0 Å². The summed E-state index contributed by atoms with van der Waals surface area (Å²) in [6.07, 6.45) is 3.02. The number of rotatable bonds is 5. The lowest BCUT2D eigenvalue weighted by Crippen LogP contribution is -2.58. The molecule has 1 atom stereocenters. The van der Waals surface area contributed by atoms with E-state index < -0.39 is 12.0 Å². The highest BCUT2D eigenvalue weighted by Gasteiger charge is 2.45. The predicted molar refractivity (Wildman–Crippen MR) is 82.8 cm³/mol. The molecule has 21 heavy (non-hydrogen) atoms. The SMILES string of the molecule is CC1(C)CC(C)(C)CC(C)(NC(=O)C(N)CCC(=O)O)C1. The molecule has 1 aliphatic carbocycles. The molecule has 5 nitrogen and oxygen atoms in total. The first-order chi connectivity index (χ1) is 9.34. The van der Waals surface area contributed by atoms with E-state index >= 15 is 0 Å². The molecule has 0 heterocycles. The van der Waals surface area contributed by atoms with E-state index in [-0.39, 0.29) is 35.1 Å². The predicted octanol–water partition coefficient (Wildman–Crippen LogP) is 2.29. The fourth-order valence-corrected chi connectivity index (χ4v) is 4.48. The van der Waals surface area contributed by atoms with Gasteiger partial charge in [-0.2, -0.15) is 0 Å². The van der Waals surface area contributed by atoms with Crippen LogP contribution in [0.4, 0.5) is 0 Å². The van der Waals surface area contributed by atoms with Gasteiger partial charge < -0.3 is 16.2 Å². The Balaban J connectivity index is 2.71. The van der Waals surface area contributed by atoms with Crippen molar-refractivity contribution in [3.8, 4) is 0 Å². The molecule has 1 unspecified atom stereocenters.